The van der Waals surface area contributed by atoms with E-state index >= 15 is 0 Å². The normalized spacial score (nSPS) is 22.1. The molecule has 1 heterocycles. The van der Waals surface area contributed by atoms with Gasteiger partial charge in [-0.15, -0.1) is 0 Å². The van der Waals surface area contributed by atoms with Crippen molar-refractivity contribution in [1.29, 1.82) is 0 Å². The van der Waals surface area contributed by atoms with E-state index in [0.29, 0.717) is 4.90 Å². The van der Waals surface area contributed by atoms with Gasteiger partial charge < -0.3 is 20.7 Å². The number of hydrogen-bond acceptors (Lipinski definition) is 5. The molecule has 0 aromatic heterocycles. The third kappa shape index (κ3) is 2.78. The summed E-state index contributed by atoms with van der Waals surface area (Å²) in [5.41, 5.74) is 2.39. The molecule has 1 fully saturated rings. The molecule has 1 saturated heterocycles. The average Bonchev–Trinajstić information content (AvgIpc) is 2.54. The highest BCUT2D eigenvalue weighted by Gasteiger charge is 2.60. The second-order valence-electron chi connectivity index (χ2n) is 5.53. The number of carboxylic acids is 2. The molecule has 0 spiro atoms. The first-order valence-corrected chi connectivity index (χ1v) is 5.73. The van der Waals surface area contributed by atoms with Crippen molar-refractivity contribution in [1.82, 2.24) is 4.90 Å². The second-order valence-corrected chi connectivity index (χ2v) is 5.53. The van der Waals surface area contributed by atoms with Gasteiger partial charge in [-0.05, 0) is 20.8 Å². The highest BCUT2D eigenvalue weighted by Crippen LogP contribution is 2.31. The van der Waals surface area contributed by atoms with Gasteiger partial charge in [0.2, 0.25) is 5.54 Å². The van der Waals surface area contributed by atoms with Gasteiger partial charge in [0, 0.05) is 19.0 Å². The maximum absolute atomic E-state index is 12.0. The number of aliphatic carboxylic acids is 2. The van der Waals surface area contributed by atoms with Gasteiger partial charge in [0.05, 0.1) is 0 Å². The third-order valence-electron chi connectivity index (χ3n) is 2.76. The lowest BCUT2D eigenvalue weighted by Crippen LogP contribution is -2.59. The van der Waals surface area contributed by atoms with Crippen molar-refractivity contribution in [3.8, 4) is 0 Å². The minimum Gasteiger partial charge on any atom is -0.479 e. The Labute approximate surface area is 110 Å². The summed E-state index contributed by atoms with van der Waals surface area (Å²) in [6.45, 7) is 4.63. The van der Waals surface area contributed by atoms with Crippen molar-refractivity contribution in [3.63, 3.8) is 0 Å². The molecule has 0 bridgehead atoms. The van der Waals surface area contributed by atoms with Gasteiger partial charge in [0.15, 0.2) is 0 Å². The number of ether oxygens (including phenoxy) is 1. The van der Waals surface area contributed by atoms with Crippen molar-refractivity contribution in [3.05, 3.63) is 0 Å². The summed E-state index contributed by atoms with van der Waals surface area (Å²) in [6, 6.07) is -0.722. The van der Waals surface area contributed by atoms with Gasteiger partial charge in [-0.1, -0.05) is 0 Å². The molecule has 0 radical (unpaired) electrons. The van der Waals surface area contributed by atoms with Crippen molar-refractivity contribution in [2.45, 2.75) is 44.4 Å². The van der Waals surface area contributed by atoms with Crippen LogP contribution in [0.2, 0.25) is 0 Å². The van der Waals surface area contributed by atoms with E-state index in [-0.39, 0.29) is 13.0 Å². The lowest BCUT2D eigenvalue weighted by Gasteiger charge is -2.32. The first-order valence-electron chi connectivity index (χ1n) is 5.73. The molecule has 0 aromatic rings. The maximum atomic E-state index is 12.0. The average molecular weight is 274 g/mol. The monoisotopic (exact) mass is 274 g/mol. The summed E-state index contributed by atoms with van der Waals surface area (Å²) >= 11 is 0. The first kappa shape index (κ1) is 15.2. The van der Waals surface area contributed by atoms with Gasteiger partial charge in [0.25, 0.3) is 0 Å². The van der Waals surface area contributed by atoms with Crippen LogP contribution in [0.15, 0.2) is 0 Å². The minimum absolute atomic E-state index is 0.173. The molecule has 1 atom stereocenters. The molecule has 1 rings (SSSR count). The van der Waals surface area contributed by atoms with Crippen molar-refractivity contribution >= 4 is 18.0 Å². The van der Waals surface area contributed by atoms with Crippen LogP contribution >= 0.6 is 0 Å². The largest absolute Gasteiger partial charge is 0.479 e. The van der Waals surface area contributed by atoms with E-state index in [2.05, 4.69) is 0 Å². The molecule has 4 N–H and O–H groups in total. The highest BCUT2D eigenvalue weighted by molar-refractivity contribution is 6.06. The quantitative estimate of drug-likeness (QED) is 0.597. The Balaban J connectivity index is 3.12. The topological polar surface area (TPSA) is 130 Å². The number of carbonyl (C=O) groups excluding carboxylic acids is 1. The molecular weight excluding hydrogens is 256 g/mol. The molecule has 8 heteroatoms. The Morgan fingerprint density at radius 1 is 1.26 bits per heavy atom. The van der Waals surface area contributed by atoms with Crippen LogP contribution in [0.3, 0.4) is 0 Å². The Morgan fingerprint density at radius 2 is 1.74 bits per heavy atom. The summed E-state index contributed by atoms with van der Waals surface area (Å²) in [5.74, 6) is -3.25. The minimum atomic E-state index is -2.36. The fourth-order valence-corrected chi connectivity index (χ4v) is 1.99. The summed E-state index contributed by atoms with van der Waals surface area (Å²) in [7, 11) is 0. The number of rotatable bonds is 2. The predicted molar refractivity (Wildman–Crippen MR) is 63.5 cm³/mol. The van der Waals surface area contributed by atoms with Gasteiger partial charge >= 0.3 is 18.0 Å². The van der Waals surface area contributed by atoms with Crippen LogP contribution in [0.1, 0.15) is 27.2 Å². The Kier molecular flexibility index (Phi) is 3.76. The van der Waals surface area contributed by atoms with Crippen molar-refractivity contribution in [2.24, 2.45) is 5.73 Å². The molecule has 19 heavy (non-hydrogen) atoms. The number of hydrogen-bond donors (Lipinski definition) is 3. The predicted octanol–water partition coefficient (Wildman–Crippen LogP) is -0.137. The lowest BCUT2D eigenvalue weighted by atomic mass is 9.95. The number of nitrogens with two attached hydrogens (primary N) is 1. The molecule has 0 aromatic carbocycles. The van der Waals surface area contributed by atoms with E-state index < -0.39 is 35.2 Å². The van der Waals surface area contributed by atoms with Crippen LogP contribution in [-0.2, 0) is 14.3 Å². The van der Waals surface area contributed by atoms with E-state index in [1.807, 2.05) is 0 Å². The van der Waals surface area contributed by atoms with E-state index in [9.17, 15) is 24.6 Å². The third-order valence-corrected chi connectivity index (χ3v) is 2.76. The fourth-order valence-electron chi connectivity index (χ4n) is 1.99. The zero-order valence-electron chi connectivity index (χ0n) is 11.0. The van der Waals surface area contributed by atoms with E-state index in [0.717, 1.165) is 0 Å². The van der Waals surface area contributed by atoms with Crippen molar-refractivity contribution < 1.29 is 29.3 Å². The maximum Gasteiger partial charge on any atom is 0.411 e. The van der Waals surface area contributed by atoms with Crippen LogP contribution in [0.25, 0.3) is 0 Å². The van der Waals surface area contributed by atoms with Gasteiger partial charge in [-0.2, -0.15) is 0 Å². The molecule has 8 nitrogen and oxygen atoms in total. The van der Waals surface area contributed by atoms with Gasteiger partial charge in [-0.25, -0.2) is 14.4 Å². The molecular formula is C11H18N2O6. The Hall–Kier alpha value is -1.83. The van der Waals surface area contributed by atoms with Crippen LogP contribution in [0.5, 0.6) is 0 Å². The molecule has 0 saturated carbocycles. The number of nitrogens with zero attached hydrogens (tertiary/aromatic N) is 1. The number of carboxylic acid groups (broad SMARTS) is 2. The SMILES string of the molecule is CC(C)(C)OC(=O)N1CC(N)CC1(C(=O)O)C(=O)O. The zero-order valence-corrected chi connectivity index (χ0v) is 11.0. The summed E-state index contributed by atoms with van der Waals surface area (Å²) in [6.07, 6.45) is -1.35. The molecule has 1 aliphatic rings. The smallest absolute Gasteiger partial charge is 0.411 e. The summed E-state index contributed by atoms with van der Waals surface area (Å²) < 4.78 is 5.03. The highest BCUT2D eigenvalue weighted by atomic mass is 16.6. The number of amides is 1. The molecule has 0 aliphatic carbocycles. The second kappa shape index (κ2) is 4.69. The molecule has 1 amide bonds. The molecule has 1 aliphatic heterocycles. The number of likely N-dealkylation sites (tertiary alicyclic amines) is 1. The number of carbonyl (C=O) groups is 3. The molecule has 1 unspecified atom stereocenters. The van der Waals surface area contributed by atoms with E-state index in [4.69, 9.17) is 10.5 Å². The molecule has 108 valence electrons. The summed E-state index contributed by atoms with van der Waals surface area (Å²) in [4.78, 5) is 35.2. The lowest BCUT2D eigenvalue weighted by molar-refractivity contribution is -0.164. The van der Waals surface area contributed by atoms with Crippen LogP contribution in [0, 0.1) is 0 Å². The zero-order chi connectivity index (χ0) is 15.0. The van der Waals surface area contributed by atoms with Crippen molar-refractivity contribution in [2.75, 3.05) is 6.54 Å². The van der Waals surface area contributed by atoms with Crippen LogP contribution in [0.4, 0.5) is 4.79 Å². The summed E-state index contributed by atoms with van der Waals surface area (Å²) in [5, 5.41) is 18.4. The fraction of sp³-hybridized carbons (Fsp3) is 0.727. The standard InChI is InChI=1S/C11H18N2O6/c1-10(2,3)19-9(18)13-5-6(12)4-11(13,7(14)15)8(16)17/h6H,4-5,12H2,1-3H3,(H,14,15)(H,16,17). The van der Waals surface area contributed by atoms with Crippen LogP contribution in [-0.4, -0.2) is 56.9 Å². The van der Waals surface area contributed by atoms with Gasteiger partial charge in [-0.3, -0.25) is 4.90 Å². The van der Waals surface area contributed by atoms with Crippen LogP contribution < -0.4 is 5.73 Å². The Bertz CT molecular complexity index is 400. The Morgan fingerprint density at radius 3 is 2.11 bits per heavy atom. The first-order chi connectivity index (χ1) is 8.50. The van der Waals surface area contributed by atoms with E-state index in [1.165, 1.54) is 0 Å². The van der Waals surface area contributed by atoms with Gasteiger partial charge in [0.1, 0.15) is 5.60 Å². The van der Waals surface area contributed by atoms with E-state index in [1.54, 1.807) is 20.8 Å².